The summed E-state index contributed by atoms with van der Waals surface area (Å²) >= 11 is 1.02. The molecule has 1 aliphatic rings. The van der Waals surface area contributed by atoms with Crippen LogP contribution in [0.5, 0.6) is 0 Å². The molecule has 10 nitrogen and oxygen atoms in total. The number of alkyl carbamates (subject to hydrolysis) is 1. The van der Waals surface area contributed by atoms with Crippen molar-refractivity contribution in [3.8, 4) is 0 Å². The van der Waals surface area contributed by atoms with Gasteiger partial charge in [0.05, 0.1) is 12.1 Å². The summed E-state index contributed by atoms with van der Waals surface area (Å²) in [5.41, 5.74) is -0.702. The summed E-state index contributed by atoms with van der Waals surface area (Å²) in [5, 5.41) is 17.7. The van der Waals surface area contributed by atoms with Crippen LogP contribution in [-0.2, 0) is 19.6 Å². The number of hydrogen-bond donors (Lipinski definition) is 3. The van der Waals surface area contributed by atoms with Crippen LogP contribution in [0, 0.1) is 5.92 Å². The molecule has 182 valence electrons. The van der Waals surface area contributed by atoms with Crippen LogP contribution in [0.25, 0.3) is 0 Å². The number of rotatable bonds is 7. The molecular weight excluding hydrogens is 456 g/mol. The lowest BCUT2D eigenvalue weighted by Gasteiger charge is -2.28. The predicted octanol–water partition coefficient (Wildman–Crippen LogP) is 1.71. The van der Waals surface area contributed by atoms with E-state index >= 15 is 0 Å². The van der Waals surface area contributed by atoms with Crippen LogP contribution in [0.1, 0.15) is 53.9 Å². The molecule has 2 unspecified atom stereocenters. The Balaban J connectivity index is 2.05. The van der Waals surface area contributed by atoms with Gasteiger partial charge in [0.25, 0.3) is 10.0 Å². The topological polar surface area (TPSA) is 138 Å². The predicted molar refractivity (Wildman–Crippen MR) is 121 cm³/mol. The number of carbonyl (C=O) groups excluding carboxylic acids is 2. The normalized spacial score (nSPS) is 21.6. The maximum Gasteiger partial charge on any atom is 0.408 e. The minimum absolute atomic E-state index is 0.0225. The van der Waals surface area contributed by atoms with E-state index in [1.54, 1.807) is 26.2 Å². The average molecular weight is 491 g/mol. The van der Waals surface area contributed by atoms with E-state index < -0.39 is 45.8 Å². The third-order valence-corrected chi connectivity index (χ3v) is 7.83. The minimum Gasteiger partial charge on any atom is -0.444 e. The highest BCUT2D eigenvalue weighted by molar-refractivity contribution is 7.91. The van der Waals surface area contributed by atoms with Crippen LogP contribution in [0.4, 0.5) is 4.79 Å². The Labute approximate surface area is 193 Å². The number of aromatic nitrogens is 1. The van der Waals surface area contributed by atoms with Crippen LogP contribution >= 0.6 is 11.3 Å². The van der Waals surface area contributed by atoms with Crippen LogP contribution in [0.2, 0.25) is 0 Å². The monoisotopic (exact) mass is 490 g/mol. The summed E-state index contributed by atoms with van der Waals surface area (Å²) in [6.45, 7) is 9.13. The van der Waals surface area contributed by atoms with Crippen molar-refractivity contribution < 1.29 is 27.9 Å². The van der Waals surface area contributed by atoms with Gasteiger partial charge in [-0.05, 0) is 46.0 Å². The maximum absolute atomic E-state index is 12.9. The van der Waals surface area contributed by atoms with E-state index in [9.17, 15) is 23.1 Å². The second-order valence-corrected chi connectivity index (χ2v) is 12.3. The first-order valence-corrected chi connectivity index (χ1v) is 13.0. The van der Waals surface area contributed by atoms with Gasteiger partial charge in [-0.15, -0.1) is 11.3 Å². The number of β-amino-alcohol motifs (C(OH)–C–C–N with tert-alkyl or cyclic N) is 1. The molecule has 1 aromatic rings. The molecule has 0 aliphatic carbocycles. The van der Waals surface area contributed by atoms with Gasteiger partial charge in [0.15, 0.2) is 0 Å². The largest absolute Gasteiger partial charge is 0.444 e. The highest BCUT2D eigenvalue weighted by Gasteiger charge is 2.35. The number of hydrogen-bond acceptors (Lipinski definition) is 8. The lowest BCUT2D eigenvalue weighted by atomic mass is 10.0. The first-order valence-electron chi connectivity index (χ1n) is 10.7. The summed E-state index contributed by atoms with van der Waals surface area (Å²) in [4.78, 5) is 29.0. The molecule has 0 saturated carbocycles. The van der Waals surface area contributed by atoms with Gasteiger partial charge < -0.3 is 20.5 Å². The van der Waals surface area contributed by atoms with Crippen LogP contribution in [0.3, 0.4) is 0 Å². The van der Waals surface area contributed by atoms with Crippen LogP contribution in [0.15, 0.2) is 15.9 Å². The second-order valence-electron chi connectivity index (χ2n) is 9.31. The number of ether oxygens (including phenoxy) is 1. The Morgan fingerprint density at radius 3 is 2.62 bits per heavy atom. The molecule has 2 amide bonds. The molecule has 1 aliphatic heterocycles. The number of sulfonamides is 1. The van der Waals surface area contributed by atoms with Crippen molar-refractivity contribution >= 4 is 33.4 Å². The highest BCUT2D eigenvalue weighted by Crippen LogP contribution is 2.22. The summed E-state index contributed by atoms with van der Waals surface area (Å²) < 4.78 is 31.9. The molecule has 12 heteroatoms. The summed E-state index contributed by atoms with van der Waals surface area (Å²) in [7, 11) is -3.80. The number of aliphatic hydroxyl groups is 1. The molecule has 0 bridgehead atoms. The van der Waals surface area contributed by atoms with Gasteiger partial charge in [0, 0.05) is 24.7 Å². The molecule has 2 rings (SSSR count). The lowest BCUT2D eigenvalue weighted by molar-refractivity contribution is -0.125. The first kappa shape index (κ1) is 26.5. The van der Waals surface area contributed by atoms with Gasteiger partial charge in [-0.2, -0.15) is 4.31 Å². The first-order chi connectivity index (χ1) is 14.8. The molecule has 3 N–H and O–H groups in total. The van der Waals surface area contributed by atoms with E-state index in [1.807, 2.05) is 13.8 Å². The standard InChI is InChI=1S/C20H34N4O6S2/c1-13(2)11-15(23-18(27)30-20(3,4)5)17(26)22-14-7-6-9-24(12-16(14)25)32(28,29)19-21-8-10-31-19/h8,10,13-16,25H,6-7,9,11-12H2,1-5H3,(H,22,26)(H,23,27)/t14?,15-,16?/m0/s1. The zero-order valence-corrected chi connectivity index (χ0v) is 20.8. The third-order valence-electron chi connectivity index (χ3n) is 4.79. The number of thiazole rings is 1. The van der Waals surface area contributed by atoms with Gasteiger partial charge >= 0.3 is 6.09 Å². The van der Waals surface area contributed by atoms with E-state index in [0.717, 1.165) is 11.3 Å². The Morgan fingerprint density at radius 2 is 2.06 bits per heavy atom. The van der Waals surface area contributed by atoms with E-state index in [4.69, 9.17) is 4.74 Å². The number of nitrogens with zero attached hydrogens (tertiary/aromatic N) is 2. The molecule has 0 spiro atoms. The molecule has 0 aromatic carbocycles. The highest BCUT2D eigenvalue weighted by atomic mass is 32.2. The van der Waals surface area contributed by atoms with Crippen molar-refractivity contribution in [3.63, 3.8) is 0 Å². The number of amides is 2. The van der Waals surface area contributed by atoms with Gasteiger partial charge in [0.2, 0.25) is 10.2 Å². The summed E-state index contributed by atoms with van der Waals surface area (Å²) in [6.07, 6.45) is 0.871. The van der Waals surface area contributed by atoms with E-state index in [2.05, 4.69) is 15.6 Å². The average Bonchev–Trinajstić information content (AvgIpc) is 3.13. The number of carbonyl (C=O) groups is 2. The summed E-state index contributed by atoms with van der Waals surface area (Å²) in [6, 6.07) is -1.48. The molecular formula is C20H34N4O6S2. The van der Waals surface area contributed by atoms with Gasteiger partial charge in [-0.3, -0.25) is 4.79 Å². The van der Waals surface area contributed by atoms with E-state index in [1.165, 1.54) is 10.5 Å². The Bertz CT molecular complexity index is 867. The molecule has 1 fully saturated rings. The smallest absolute Gasteiger partial charge is 0.408 e. The Hall–Kier alpha value is -1.76. The molecule has 2 heterocycles. The van der Waals surface area contributed by atoms with E-state index in [0.29, 0.717) is 19.3 Å². The van der Waals surface area contributed by atoms with Gasteiger partial charge in [-0.25, -0.2) is 18.2 Å². The fourth-order valence-corrected chi connectivity index (χ4v) is 5.84. The maximum atomic E-state index is 12.9. The van der Waals surface area contributed by atoms with Crippen molar-refractivity contribution in [1.82, 2.24) is 19.9 Å². The van der Waals surface area contributed by atoms with Crippen LogP contribution < -0.4 is 10.6 Å². The van der Waals surface area contributed by atoms with Crippen molar-refractivity contribution in [1.29, 1.82) is 0 Å². The lowest BCUT2D eigenvalue weighted by Crippen LogP contribution is -2.54. The molecule has 32 heavy (non-hydrogen) atoms. The fraction of sp³-hybridized carbons (Fsp3) is 0.750. The Morgan fingerprint density at radius 1 is 1.38 bits per heavy atom. The fourth-order valence-electron chi connectivity index (χ4n) is 3.38. The zero-order chi connectivity index (χ0) is 24.1. The third kappa shape index (κ3) is 7.68. The molecule has 0 radical (unpaired) electrons. The van der Waals surface area contributed by atoms with Crippen molar-refractivity contribution in [3.05, 3.63) is 11.6 Å². The Kier molecular flexibility index (Phi) is 9.03. The van der Waals surface area contributed by atoms with E-state index in [-0.39, 0.29) is 23.3 Å². The quantitative estimate of drug-likeness (QED) is 0.529. The minimum atomic E-state index is -3.80. The second kappa shape index (κ2) is 10.9. The SMILES string of the molecule is CC(C)C[C@H](NC(=O)OC(C)(C)C)C(=O)NC1CCCN(S(=O)(=O)c2nccs2)CC1O. The number of aliphatic hydroxyl groups excluding tert-OH is 1. The van der Waals surface area contributed by atoms with Gasteiger partial charge in [0.1, 0.15) is 11.6 Å². The van der Waals surface area contributed by atoms with Crippen LogP contribution in [-0.4, -0.2) is 71.7 Å². The molecule has 3 atom stereocenters. The number of nitrogens with one attached hydrogen (secondary N) is 2. The summed E-state index contributed by atoms with van der Waals surface area (Å²) in [5.74, 6) is -0.316. The van der Waals surface area contributed by atoms with Crippen molar-refractivity contribution in [2.24, 2.45) is 5.92 Å². The van der Waals surface area contributed by atoms with Gasteiger partial charge in [-0.1, -0.05) is 13.8 Å². The molecule has 1 saturated heterocycles. The van der Waals surface area contributed by atoms with Crippen molar-refractivity contribution in [2.75, 3.05) is 13.1 Å². The zero-order valence-electron chi connectivity index (χ0n) is 19.2. The molecule has 1 aromatic heterocycles. The van der Waals surface area contributed by atoms with Crippen molar-refractivity contribution in [2.45, 2.75) is 82.0 Å².